The number of hydrogen-bond donors (Lipinski definition) is 0. The fourth-order valence-electron chi connectivity index (χ4n) is 3.93. The fraction of sp³-hybridized carbons (Fsp3) is 0.227. The Bertz CT molecular complexity index is 1090. The Morgan fingerprint density at radius 2 is 1.86 bits per heavy atom. The lowest BCUT2D eigenvalue weighted by Gasteiger charge is -2.19. The number of alkyl halides is 3. The molecule has 0 bridgehead atoms. The maximum absolute atomic E-state index is 13.4. The molecule has 7 heteroatoms. The molecule has 1 heterocycles. The number of likely N-dealkylation sites (N-methyl/N-ethyl adjacent to an activating group) is 1. The number of urea groups is 1. The maximum atomic E-state index is 13.4. The third-order valence-corrected chi connectivity index (χ3v) is 5.38. The van der Waals surface area contributed by atoms with E-state index in [0.717, 1.165) is 29.0 Å². The summed E-state index contributed by atoms with van der Waals surface area (Å²) < 4.78 is 41.4. The van der Waals surface area contributed by atoms with Gasteiger partial charge in [-0.05, 0) is 41.8 Å². The minimum atomic E-state index is -4.67. The van der Waals surface area contributed by atoms with Crippen molar-refractivity contribution in [2.75, 3.05) is 7.05 Å². The first-order valence-electron chi connectivity index (χ1n) is 9.11. The molecule has 4 rings (SSSR count). The van der Waals surface area contributed by atoms with E-state index in [4.69, 9.17) is 5.26 Å². The number of fused-ring (bicyclic) bond motifs is 1. The first-order valence-corrected chi connectivity index (χ1v) is 9.11. The van der Waals surface area contributed by atoms with Crippen LogP contribution in [0.5, 0.6) is 0 Å². The quantitative estimate of drug-likeness (QED) is 0.673. The van der Waals surface area contributed by atoms with Crippen LogP contribution in [0.3, 0.4) is 0 Å². The number of halogens is 3. The van der Waals surface area contributed by atoms with Crippen LogP contribution in [0.2, 0.25) is 0 Å². The molecule has 0 aromatic heterocycles. The van der Waals surface area contributed by atoms with Crippen molar-refractivity contribution >= 4 is 23.0 Å². The van der Waals surface area contributed by atoms with Gasteiger partial charge in [0.15, 0.2) is 6.04 Å². The van der Waals surface area contributed by atoms with Gasteiger partial charge in [-0.1, -0.05) is 30.3 Å². The third-order valence-electron chi connectivity index (χ3n) is 5.38. The predicted octanol–water partition coefficient (Wildman–Crippen LogP) is 4.97. The lowest BCUT2D eigenvalue weighted by atomic mass is 9.89. The number of amides is 2. The lowest BCUT2D eigenvalue weighted by molar-refractivity contribution is -0.333. The van der Waals surface area contributed by atoms with Gasteiger partial charge in [0, 0.05) is 6.42 Å². The Labute approximate surface area is 165 Å². The molecule has 2 amide bonds. The third kappa shape index (κ3) is 3.21. The molecule has 0 fully saturated rings. The molecule has 0 spiro atoms. The van der Waals surface area contributed by atoms with Gasteiger partial charge in [-0.3, -0.25) is 0 Å². The van der Waals surface area contributed by atoms with Crippen LogP contribution in [0.1, 0.15) is 29.5 Å². The van der Waals surface area contributed by atoms with Gasteiger partial charge < -0.3 is 0 Å². The molecule has 0 saturated carbocycles. The van der Waals surface area contributed by atoms with Crippen molar-refractivity contribution in [3.05, 3.63) is 71.3 Å². The van der Waals surface area contributed by atoms with E-state index in [0.29, 0.717) is 12.8 Å². The number of carbonyl (C=O) groups excluding carboxylic acids is 1. The minimum Gasteiger partial charge on any atom is -0.214 e. The Kier molecular flexibility index (Phi) is 4.50. The van der Waals surface area contributed by atoms with Crippen molar-refractivity contribution in [2.24, 2.45) is 0 Å². The van der Waals surface area contributed by atoms with Gasteiger partial charge in [0.2, 0.25) is 0 Å². The first kappa shape index (κ1) is 18.9. The molecule has 146 valence electrons. The number of benzene rings is 2. The molecule has 1 aliphatic carbocycles. The number of rotatable bonds is 2. The van der Waals surface area contributed by atoms with Crippen LogP contribution >= 0.6 is 0 Å². The molecule has 2 aromatic rings. The van der Waals surface area contributed by atoms with E-state index < -0.39 is 17.3 Å². The molecular formula is C22H17F3N3O+. The lowest BCUT2D eigenvalue weighted by Crippen LogP contribution is -2.34. The summed E-state index contributed by atoms with van der Waals surface area (Å²) in [6.45, 7) is 0. The zero-order valence-corrected chi connectivity index (χ0v) is 15.6. The smallest absolute Gasteiger partial charge is 0.214 e. The highest BCUT2D eigenvalue weighted by Crippen LogP contribution is 2.37. The van der Waals surface area contributed by atoms with Gasteiger partial charge in [0.25, 0.3) is 0 Å². The van der Waals surface area contributed by atoms with Gasteiger partial charge in [0.05, 0.1) is 24.2 Å². The summed E-state index contributed by atoms with van der Waals surface area (Å²) in [5, 5.41) is 9.01. The number of nitriles is 1. The molecule has 29 heavy (non-hydrogen) atoms. The second-order valence-electron chi connectivity index (χ2n) is 7.06. The van der Waals surface area contributed by atoms with Gasteiger partial charge in [0.1, 0.15) is 11.4 Å². The molecular weight excluding hydrogens is 379 g/mol. The fourth-order valence-corrected chi connectivity index (χ4v) is 3.93. The number of carbonyl (C=O) groups is 1. The molecule has 2 aromatic carbocycles. The Morgan fingerprint density at radius 1 is 1.14 bits per heavy atom. The Balaban J connectivity index is 1.81. The summed E-state index contributed by atoms with van der Waals surface area (Å²) in [5.41, 5.74) is 1.56. The second kappa shape index (κ2) is 6.89. The topological polar surface area (TPSA) is 47.1 Å². The number of allylic oxidation sites excluding steroid dienone is 1. The first-order chi connectivity index (χ1) is 13.8. The van der Waals surface area contributed by atoms with E-state index in [-0.39, 0.29) is 17.8 Å². The highest BCUT2D eigenvalue weighted by Gasteiger charge is 2.47. The number of hydrogen-bond acceptors (Lipinski definition) is 2. The SMILES string of the molecule is CN1C(=O)[N+](c2ccc(C#N)c(C(F)(F)F)c2)=C2CCC(c3ccccc3)=C[C@@H]21. The molecule has 1 atom stereocenters. The van der Waals surface area contributed by atoms with Crippen LogP contribution in [0.4, 0.5) is 23.7 Å². The standard InChI is InChI=1S/C22H17F3N3O/c1-27-20-11-15(14-5-3-2-4-6-14)8-10-19(20)28(21(27)29)17-9-7-16(13-26)18(12-17)22(23,24)25/h2-7,9,11-12,20H,8,10H2,1H3/q+1/t20-/m0/s1. The van der Waals surface area contributed by atoms with Crippen LogP contribution in [0.25, 0.3) is 5.57 Å². The Morgan fingerprint density at radius 3 is 2.52 bits per heavy atom. The second-order valence-corrected chi connectivity index (χ2v) is 7.06. The van der Waals surface area contributed by atoms with E-state index in [2.05, 4.69) is 0 Å². The van der Waals surface area contributed by atoms with E-state index >= 15 is 0 Å². The molecule has 0 N–H and O–H groups in total. The van der Waals surface area contributed by atoms with E-state index in [1.54, 1.807) is 13.1 Å². The summed E-state index contributed by atoms with van der Waals surface area (Å²) in [6.07, 6.45) is -1.42. The van der Waals surface area contributed by atoms with Gasteiger partial charge >= 0.3 is 12.2 Å². The molecule has 1 aliphatic heterocycles. The van der Waals surface area contributed by atoms with Crippen molar-refractivity contribution in [1.29, 1.82) is 5.26 Å². The van der Waals surface area contributed by atoms with Crippen molar-refractivity contribution in [3.63, 3.8) is 0 Å². The molecule has 4 nitrogen and oxygen atoms in total. The summed E-state index contributed by atoms with van der Waals surface area (Å²) in [7, 11) is 1.64. The van der Waals surface area contributed by atoms with E-state index in [1.807, 2.05) is 36.4 Å². The van der Waals surface area contributed by atoms with Gasteiger partial charge in [-0.15, -0.1) is 0 Å². The highest BCUT2D eigenvalue weighted by molar-refractivity contribution is 6.01. The molecule has 0 saturated heterocycles. The molecule has 0 radical (unpaired) electrons. The van der Waals surface area contributed by atoms with E-state index in [9.17, 15) is 18.0 Å². The largest absolute Gasteiger partial charge is 0.499 e. The highest BCUT2D eigenvalue weighted by atomic mass is 19.4. The van der Waals surface area contributed by atoms with Gasteiger partial charge in [-0.25, -0.2) is 4.90 Å². The Hall–Kier alpha value is -3.40. The number of nitrogens with zero attached hydrogens (tertiary/aromatic N) is 3. The van der Waals surface area contributed by atoms with Crippen LogP contribution in [0.15, 0.2) is 54.6 Å². The normalized spacial score (nSPS) is 19.1. The monoisotopic (exact) mass is 396 g/mol. The summed E-state index contributed by atoms with van der Waals surface area (Å²) in [6, 6.07) is 14.1. The van der Waals surface area contributed by atoms with Crippen molar-refractivity contribution in [1.82, 2.24) is 4.90 Å². The average Bonchev–Trinajstić information content (AvgIpc) is 2.97. The van der Waals surface area contributed by atoms with Crippen LogP contribution in [0, 0.1) is 11.3 Å². The zero-order valence-electron chi connectivity index (χ0n) is 15.6. The molecule has 0 unspecified atom stereocenters. The van der Waals surface area contributed by atoms with Crippen LogP contribution in [-0.2, 0) is 6.18 Å². The predicted molar refractivity (Wildman–Crippen MR) is 102 cm³/mol. The van der Waals surface area contributed by atoms with Gasteiger partial charge in [-0.2, -0.15) is 27.8 Å². The average molecular weight is 396 g/mol. The summed E-state index contributed by atoms with van der Waals surface area (Å²) in [4.78, 5) is 14.4. The minimum absolute atomic E-state index is 0.127. The van der Waals surface area contributed by atoms with E-state index in [1.165, 1.54) is 15.5 Å². The van der Waals surface area contributed by atoms with Crippen LogP contribution < -0.4 is 0 Å². The summed E-state index contributed by atoms with van der Waals surface area (Å²) >= 11 is 0. The maximum Gasteiger partial charge on any atom is 0.499 e. The van der Waals surface area contributed by atoms with Crippen molar-refractivity contribution in [2.45, 2.75) is 25.1 Å². The zero-order chi connectivity index (χ0) is 20.8. The molecule has 2 aliphatic rings. The van der Waals surface area contributed by atoms with Crippen molar-refractivity contribution < 1.29 is 22.5 Å². The summed E-state index contributed by atoms with van der Waals surface area (Å²) in [5.74, 6) is 0. The van der Waals surface area contributed by atoms with Crippen LogP contribution in [-0.4, -0.2) is 34.3 Å². The van der Waals surface area contributed by atoms with Crippen molar-refractivity contribution in [3.8, 4) is 6.07 Å².